The van der Waals surface area contributed by atoms with Crippen LogP contribution in [0, 0.1) is 0 Å². The average Bonchev–Trinajstić information content (AvgIpc) is 2.67. The lowest BCUT2D eigenvalue weighted by Gasteiger charge is -2.20. The molecule has 0 saturated carbocycles. The highest BCUT2D eigenvalue weighted by atomic mass is 17.2. The van der Waals surface area contributed by atoms with Gasteiger partial charge < -0.3 is 4.89 Å². The van der Waals surface area contributed by atoms with Gasteiger partial charge in [-0.1, -0.05) is 94.0 Å². The lowest BCUT2D eigenvalue weighted by molar-refractivity contribution is -0.207. The Kier molecular flexibility index (Phi) is 7.98. The molecule has 2 aliphatic rings. The molecule has 2 aromatic carbocycles. The van der Waals surface area contributed by atoms with Crippen molar-refractivity contribution in [3.63, 3.8) is 0 Å². The molecule has 0 aliphatic carbocycles. The predicted molar refractivity (Wildman–Crippen MR) is 114 cm³/mol. The zero-order chi connectivity index (χ0) is 18.7. The van der Waals surface area contributed by atoms with E-state index in [9.17, 15) is 0 Å². The molecule has 2 aliphatic heterocycles. The van der Waals surface area contributed by atoms with E-state index in [4.69, 9.17) is 9.78 Å². The monoisotopic (exact) mass is 364 g/mol. The van der Waals surface area contributed by atoms with Crippen molar-refractivity contribution in [1.29, 1.82) is 0 Å². The van der Waals surface area contributed by atoms with Crippen LogP contribution in [0.3, 0.4) is 0 Å². The van der Waals surface area contributed by atoms with Crippen molar-refractivity contribution in [2.75, 3.05) is 6.61 Å². The lowest BCUT2D eigenvalue weighted by Crippen LogP contribution is -2.11. The second-order valence-corrected chi connectivity index (χ2v) is 7.39. The number of hydrogen-bond donors (Lipinski definition) is 0. The molecule has 0 amide bonds. The van der Waals surface area contributed by atoms with Crippen molar-refractivity contribution >= 4 is 12.2 Å². The Bertz CT molecular complexity index is 719. The van der Waals surface area contributed by atoms with Gasteiger partial charge in [0, 0.05) is 12.0 Å². The van der Waals surface area contributed by atoms with Crippen molar-refractivity contribution in [3.05, 3.63) is 64.7 Å². The van der Waals surface area contributed by atoms with Crippen LogP contribution in [0.4, 0.5) is 0 Å². The van der Waals surface area contributed by atoms with E-state index in [0.717, 1.165) is 18.6 Å². The van der Waals surface area contributed by atoms with E-state index in [1.807, 2.05) is 12.1 Å². The molecule has 0 saturated heterocycles. The molecule has 2 heterocycles. The minimum absolute atomic E-state index is 0.624. The molecule has 0 radical (unpaired) electrons. The molecule has 0 aromatic heterocycles. The zero-order valence-electron chi connectivity index (χ0n) is 16.6. The fraction of sp³-hybridized carbons (Fsp3) is 0.440. The Morgan fingerprint density at radius 1 is 0.852 bits per heavy atom. The highest BCUT2D eigenvalue weighted by molar-refractivity contribution is 5.75. The van der Waals surface area contributed by atoms with E-state index in [2.05, 4.69) is 49.4 Å². The van der Waals surface area contributed by atoms with Gasteiger partial charge in [0.15, 0.2) is 5.75 Å². The van der Waals surface area contributed by atoms with Gasteiger partial charge in [0.05, 0.1) is 6.61 Å². The minimum Gasteiger partial charge on any atom is -0.337 e. The molecule has 0 fully saturated rings. The van der Waals surface area contributed by atoms with E-state index in [1.165, 1.54) is 67.2 Å². The minimum atomic E-state index is 0.624. The van der Waals surface area contributed by atoms with Gasteiger partial charge in [-0.25, -0.2) is 0 Å². The molecule has 0 spiro atoms. The second kappa shape index (κ2) is 10.9. The van der Waals surface area contributed by atoms with Gasteiger partial charge in [0.1, 0.15) is 0 Å². The Balaban J connectivity index is 1.70. The molecule has 27 heavy (non-hydrogen) atoms. The summed E-state index contributed by atoms with van der Waals surface area (Å²) in [7, 11) is 0. The summed E-state index contributed by atoms with van der Waals surface area (Å²) in [5.41, 5.74) is 5.23. The number of hydrogen-bond acceptors (Lipinski definition) is 2. The van der Waals surface area contributed by atoms with Crippen molar-refractivity contribution in [3.8, 4) is 5.75 Å². The Hall–Kier alpha value is -2.06. The van der Waals surface area contributed by atoms with Crippen LogP contribution in [-0.4, -0.2) is 6.61 Å². The maximum atomic E-state index is 5.58. The fourth-order valence-corrected chi connectivity index (χ4v) is 3.73. The van der Waals surface area contributed by atoms with Gasteiger partial charge in [0.2, 0.25) is 0 Å². The van der Waals surface area contributed by atoms with Crippen molar-refractivity contribution in [2.24, 2.45) is 0 Å². The molecule has 2 aromatic rings. The zero-order valence-corrected chi connectivity index (χ0v) is 16.6. The standard InChI is InChI=1S/C25H32O2/c1-2-3-4-5-6-7-11-14-23-22-16-18-25(27-26-20-19-22)24(23)17-15-21-12-9-8-10-13-21/h8-10,12-13,15-18H,2-7,11,14,19-20H2,1H3. The van der Waals surface area contributed by atoms with E-state index in [1.54, 1.807) is 0 Å². The molecule has 0 N–H and O–H groups in total. The van der Waals surface area contributed by atoms with Gasteiger partial charge >= 0.3 is 0 Å². The number of unbranched alkanes of at least 4 members (excludes halogenated alkanes) is 6. The van der Waals surface area contributed by atoms with Gasteiger partial charge in [0.25, 0.3) is 0 Å². The topological polar surface area (TPSA) is 18.5 Å². The van der Waals surface area contributed by atoms with Crippen LogP contribution in [0.25, 0.3) is 12.2 Å². The third-order valence-electron chi connectivity index (χ3n) is 5.29. The molecule has 0 atom stereocenters. The van der Waals surface area contributed by atoms with Crippen LogP contribution < -0.4 is 4.89 Å². The third-order valence-corrected chi connectivity index (χ3v) is 5.29. The predicted octanol–water partition coefficient (Wildman–Crippen LogP) is 7.02. The van der Waals surface area contributed by atoms with Crippen LogP contribution in [0.2, 0.25) is 0 Å². The van der Waals surface area contributed by atoms with Crippen molar-refractivity contribution < 1.29 is 9.78 Å². The third kappa shape index (κ3) is 5.97. The maximum absolute atomic E-state index is 5.58. The normalized spacial score (nSPS) is 13.5. The van der Waals surface area contributed by atoms with Gasteiger partial charge in [-0.15, -0.1) is 0 Å². The summed E-state index contributed by atoms with van der Waals surface area (Å²) < 4.78 is 0. The summed E-state index contributed by atoms with van der Waals surface area (Å²) in [6, 6.07) is 14.7. The molecule has 0 unspecified atom stereocenters. The first-order valence-corrected chi connectivity index (χ1v) is 10.6. The molecule has 4 rings (SSSR count). The first-order chi connectivity index (χ1) is 13.4. The first kappa shape index (κ1) is 19.7. The van der Waals surface area contributed by atoms with Gasteiger partial charge in [-0.3, -0.25) is 0 Å². The summed E-state index contributed by atoms with van der Waals surface area (Å²) >= 11 is 0. The molecular weight excluding hydrogens is 332 g/mol. The maximum Gasteiger partial charge on any atom is 0.172 e. The van der Waals surface area contributed by atoms with Crippen LogP contribution in [0.1, 0.15) is 74.1 Å². The summed E-state index contributed by atoms with van der Waals surface area (Å²) in [5.74, 6) is 0.837. The SMILES string of the molecule is CCCCCCCCCc1c2ccc(c1C=Cc1ccccc1)OOCC2. The highest BCUT2D eigenvalue weighted by Crippen LogP contribution is 2.32. The summed E-state index contributed by atoms with van der Waals surface area (Å²) in [6.07, 6.45) is 15.7. The van der Waals surface area contributed by atoms with Crippen LogP contribution in [0.5, 0.6) is 5.75 Å². The van der Waals surface area contributed by atoms with Crippen LogP contribution in [-0.2, 0) is 17.7 Å². The summed E-state index contributed by atoms with van der Waals surface area (Å²) in [6.45, 7) is 2.90. The largest absolute Gasteiger partial charge is 0.337 e. The van der Waals surface area contributed by atoms with E-state index < -0.39 is 0 Å². The lowest BCUT2D eigenvalue weighted by atomic mass is 9.92. The van der Waals surface area contributed by atoms with Crippen LogP contribution in [0.15, 0.2) is 42.5 Å². The van der Waals surface area contributed by atoms with E-state index in [0.29, 0.717) is 6.61 Å². The molecular formula is C25H32O2. The van der Waals surface area contributed by atoms with Crippen molar-refractivity contribution in [1.82, 2.24) is 0 Å². The van der Waals surface area contributed by atoms with Crippen LogP contribution >= 0.6 is 0 Å². The Morgan fingerprint density at radius 2 is 1.63 bits per heavy atom. The Labute approximate surface area is 164 Å². The fourth-order valence-electron chi connectivity index (χ4n) is 3.73. The van der Waals surface area contributed by atoms with E-state index in [-0.39, 0.29) is 0 Å². The van der Waals surface area contributed by atoms with Gasteiger partial charge in [-0.05, 0) is 35.6 Å². The highest BCUT2D eigenvalue weighted by Gasteiger charge is 2.16. The van der Waals surface area contributed by atoms with Crippen molar-refractivity contribution in [2.45, 2.75) is 64.7 Å². The molecule has 2 heteroatoms. The number of rotatable bonds is 10. The molecule has 2 nitrogen and oxygen atoms in total. The molecule has 2 bridgehead atoms. The number of benzene rings is 2. The summed E-state index contributed by atoms with van der Waals surface area (Å²) in [5, 5.41) is 0. The average molecular weight is 365 g/mol. The first-order valence-electron chi connectivity index (χ1n) is 10.6. The smallest absolute Gasteiger partial charge is 0.172 e. The quantitative estimate of drug-likeness (QED) is 0.256. The second-order valence-electron chi connectivity index (χ2n) is 7.39. The van der Waals surface area contributed by atoms with E-state index >= 15 is 0 Å². The Morgan fingerprint density at radius 3 is 2.44 bits per heavy atom. The van der Waals surface area contributed by atoms with Gasteiger partial charge in [-0.2, -0.15) is 4.89 Å². The number of fused-ring (bicyclic) bond motifs is 5. The summed E-state index contributed by atoms with van der Waals surface area (Å²) in [4.78, 5) is 10.9. The molecule has 144 valence electrons.